The van der Waals surface area contributed by atoms with Crippen molar-refractivity contribution in [1.82, 2.24) is 10.2 Å². The van der Waals surface area contributed by atoms with Gasteiger partial charge in [0.05, 0.1) is 38.0 Å². The van der Waals surface area contributed by atoms with E-state index < -0.39 is 17.1 Å². The lowest BCUT2D eigenvalue weighted by Gasteiger charge is -2.24. The van der Waals surface area contributed by atoms with Crippen LogP contribution in [0.5, 0.6) is 0 Å². The number of benzene rings is 1. The van der Waals surface area contributed by atoms with Gasteiger partial charge in [-0.05, 0) is 24.6 Å². The molecular formula is C18H25F3N3O2S+. The van der Waals surface area contributed by atoms with Gasteiger partial charge < -0.3 is 15.1 Å². The van der Waals surface area contributed by atoms with E-state index in [1.165, 1.54) is 27.6 Å². The topological polar surface area (TPSA) is 53.9 Å². The number of likely N-dealkylation sites (N-methyl/N-ethyl adjacent to an activating group) is 1. The van der Waals surface area contributed by atoms with Crippen molar-refractivity contribution in [2.45, 2.75) is 30.1 Å². The van der Waals surface area contributed by atoms with Crippen LogP contribution in [0.15, 0.2) is 24.3 Å². The maximum absolute atomic E-state index is 13.0. The van der Waals surface area contributed by atoms with Crippen LogP contribution >= 0.6 is 11.8 Å². The molecule has 150 valence electrons. The largest absolute Gasteiger partial charge is 0.416 e. The maximum atomic E-state index is 13.0. The van der Waals surface area contributed by atoms with Gasteiger partial charge in [0, 0.05) is 13.0 Å². The summed E-state index contributed by atoms with van der Waals surface area (Å²) in [6, 6.07) is 5.03. The van der Waals surface area contributed by atoms with Gasteiger partial charge in [0.25, 0.3) is 0 Å². The quantitative estimate of drug-likeness (QED) is 0.721. The molecule has 0 spiro atoms. The van der Waals surface area contributed by atoms with E-state index >= 15 is 0 Å². The number of halogens is 3. The molecule has 1 fully saturated rings. The fourth-order valence-corrected chi connectivity index (χ4v) is 4.09. The second-order valence-electron chi connectivity index (χ2n) is 6.84. The zero-order valence-electron chi connectivity index (χ0n) is 15.6. The standard InChI is InChI=1S/C18H24F3N3O2S/c1-12-16(26)24(9-7-15(25)22-8-10-23(2)3)17(27-12)13-5-4-6-14(11-13)18(19,20)21/h4-6,11-12,17H,7-10H2,1-3H3,(H,22,25)/p+1/t12-,17+/m1/s1. The van der Waals surface area contributed by atoms with E-state index in [1.807, 2.05) is 14.1 Å². The van der Waals surface area contributed by atoms with Crippen LogP contribution in [0.3, 0.4) is 0 Å². The summed E-state index contributed by atoms with van der Waals surface area (Å²) < 4.78 is 39.0. The van der Waals surface area contributed by atoms with Crippen LogP contribution in [0.1, 0.15) is 29.8 Å². The fourth-order valence-electron chi connectivity index (χ4n) is 2.79. The molecular weight excluding hydrogens is 379 g/mol. The summed E-state index contributed by atoms with van der Waals surface area (Å²) in [5, 5.41) is 1.92. The third-order valence-electron chi connectivity index (χ3n) is 4.27. The minimum atomic E-state index is -4.44. The van der Waals surface area contributed by atoms with Crippen molar-refractivity contribution in [3.8, 4) is 0 Å². The number of hydrogen-bond acceptors (Lipinski definition) is 3. The Hall–Kier alpha value is -1.74. The van der Waals surface area contributed by atoms with Crippen molar-refractivity contribution < 1.29 is 27.7 Å². The second-order valence-corrected chi connectivity index (χ2v) is 8.27. The van der Waals surface area contributed by atoms with E-state index in [2.05, 4.69) is 5.32 Å². The SMILES string of the molecule is C[C@H]1S[C@@H](c2cccc(C(F)(F)F)c2)N(CCC(=O)NCC[NH+](C)C)C1=O. The Morgan fingerprint density at radius 3 is 2.67 bits per heavy atom. The number of carbonyl (C=O) groups is 2. The Morgan fingerprint density at radius 1 is 1.33 bits per heavy atom. The Kier molecular flexibility index (Phi) is 7.16. The number of amides is 2. The van der Waals surface area contributed by atoms with E-state index in [0.717, 1.165) is 18.7 Å². The van der Waals surface area contributed by atoms with Gasteiger partial charge in [-0.3, -0.25) is 9.59 Å². The van der Waals surface area contributed by atoms with Gasteiger partial charge >= 0.3 is 6.18 Å². The molecule has 1 aromatic carbocycles. The van der Waals surface area contributed by atoms with Crippen molar-refractivity contribution in [2.75, 3.05) is 33.7 Å². The van der Waals surface area contributed by atoms with Crippen LogP contribution in [0.25, 0.3) is 0 Å². The van der Waals surface area contributed by atoms with Gasteiger partial charge in [0.1, 0.15) is 5.37 Å². The zero-order valence-corrected chi connectivity index (χ0v) is 16.4. The van der Waals surface area contributed by atoms with Crippen LogP contribution in [0, 0.1) is 0 Å². The molecule has 0 bridgehead atoms. The van der Waals surface area contributed by atoms with Crippen molar-refractivity contribution in [2.24, 2.45) is 0 Å². The Balaban J connectivity index is 2.06. The molecule has 5 nitrogen and oxygen atoms in total. The molecule has 2 amide bonds. The monoisotopic (exact) mass is 404 g/mol. The Morgan fingerprint density at radius 2 is 2.04 bits per heavy atom. The lowest BCUT2D eigenvalue weighted by atomic mass is 10.1. The minimum Gasteiger partial charge on any atom is -0.350 e. The first-order chi connectivity index (χ1) is 12.6. The number of quaternary nitrogens is 1. The first kappa shape index (κ1) is 21.6. The molecule has 1 aliphatic rings. The summed E-state index contributed by atoms with van der Waals surface area (Å²) in [5.41, 5.74) is -0.319. The summed E-state index contributed by atoms with van der Waals surface area (Å²) in [7, 11) is 3.96. The lowest BCUT2D eigenvalue weighted by molar-refractivity contribution is -0.856. The lowest BCUT2D eigenvalue weighted by Crippen LogP contribution is -3.06. The van der Waals surface area contributed by atoms with Gasteiger partial charge in [-0.2, -0.15) is 13.2 Å². The highest BCUT2D eigenvalue weighted by Gasteiger charge is 2.39. The molecule has 1 heterocycles. The average Bonchev–Trinajstić information content (AvgIpc) is 2.87. The third kappa shape index (κ3) is 5.87. The molecule has 2 rings (SSSR count). The van der Waals surface area contributed by atoms with Gasteiger partial charge in [-0.15, -0.1) is 11.8 Å². The first-order valence-electron chi connectivity index (χ1n) is 8.78. The zero-order chi connectivity index (χ0) is 20.2. The molecule has 0 radical (unpaired) electrons. The van der Waals surface area contributed by atoms with Gasteiger partial charge in [0.2, 0.25) is 11.8 Å². The number of rotatable bonds is 7. The summed E-state index contributed by atoms with van der Waals surface area (Å²) in [5.74, 6) is -0.329. The van der Waals surface area contributed by atoms with E-state index in [1.54, 1.807) is 13.0 Å². The van der Waals surface area contributed by atoms with E-state index in [0.29, 0.717) is 12.1 Å². The fraction of sp³-hybridized carbons (Fsp3) is 0.556. The number of nitrogens with zero attached hydrogens (tertiary/aromatic N) is 1. The van der Waals surface area contributed by atoms with Gasteiger partial charge in [-0.1, -0.05) is 12.1 Å². The first-order valence-corrected chi connectivity index (χ1v) is 9.72. The predicted octanol–water partition coefficient (Wildman–Crippen LogP) is 1.32. The summed E-state index contributed by atoms with van der Waals surface area (Å²) in [6.07, 6.45) is -4.31. The number of nitrogens with one attached hydrogen (secondary N) is 2. The Bertz CT molecular complexity index is 682. The molecule has 9 heteroatoms. The molecule has 0 unspecified atom stereocenters. The third-order valence-corrected chi connectivity index (χ3v) is 5.67. The van der Waals surface area contributed by atoms with E-state index in [9.17, 15) is 22.8 Å². The highest BCUT2D eigenvalue weighted by molar-refractivity contribution is 8.01. The highest BCUT2D eigenvalue weighted by atomic mass is 32.2. The van der Waals surface area contributed by atoms with E-state index in [4.69, 9.17) is 0 Å². The smallest absolute Gasteiger partial charge is 0.350 e. The molecule has 2 N–H and O–H groups in total. The van der Waals surface area contributed by atoms with Gasteiger partial charge in [-0.25, -0.2) is 0 Å². The molecule has 0 aromatic heterocycles. The van der Waals surface area contributed by atoms with Crippen LogP contribution in [0.4, 0.5) is 13.2 Å². The normalized spacial score (nSPS) is 20.4. The average molecular weight is 404 g/mol. The van der Waals surface area contributed by atoms with Crippen LogP contribution < -0.4 is 10.2 Å². The number of thioether (sulfide) groups is 1. The predicted molar refractivity (Wildman–Crippen MR) is 98.3 cm³/mol. The molecule has 27 heavy (non-hydrogen) atoms. The number of alkyl halides is 3. The summed E-state index contributed by atoms with van der Waals surface area (Å²) in [6.45, 7) is 3.23. The molecule has 0 saturated carbocycles. The molecule has 1 aliphatic heterocycles. The summed E-state index contributed by atoms with van der Waals surface area (Å²) >= 11 is 1.30. The van der Waals surface area contributed by atoms with Gasteiger partial charge in [0.15, 0.2) is 0 Å². The van der Waals surface area contributed by atoms with Crippen LogP contribution in [0.2, 0.25) is 0 Å². The van der Waals surface area contributed by atoms with Crippen molar-refractivity contribution in [3.05, 3.63) is 35.4 Å². The van der Waals surface area contributed by atoms with Crippen LogP contribution in [-0.4, -0.2) is 55.7 Å². The van der Waals surface area contributed by atoms with Crippen molar-refractivity contribution in [3.63, 3.8) is 0 Å². The highest BCUT2D eigenvalue weighted by Crippen LogP contribution is 2.44. The maximum Gasteiger partial charge on any atom is 0.416 e. The minimum absolute atomic E-state index is 0.122. The Labute approximate surface area is 161 Å². The van der Waals surface area contributed by atoms with E-state index in [-0.39, 0.29) is 30.0 Å². The van der Waals surface area contributed by atoms with Crippen molar-refractivity contribution in [1.29, 1.82) is 0 Å². The molecule has 0 aliphatic carbocycles. The number of hydrogen-bond donors (Lipinski definition) is 2. The molecule has 2 atom stereocenters. The van der Waals surface area contributed by atoms with Crippen LogP contribution in [-0.2, 0) is 15.8 Å². The second kappa shape index (κ2) is 8.97. The molecule has 1 saturated heterocycles. The van der Waals surface area contributed by atoms with Crippen molar-refractivity contribution >= 4 is 23.6 Å². The molecule has 1 aromatic rings. The number of carbonyl (C=O) groups excluding carboxylic acids is 2. The summed E-state index contributed by atoms with van der Waals surface area (Å²) in [4.78, 5) is 27.1.